The van der Waals surface area contributed by atoms with Crippen LogP contribution in [0.3, 0.4) is 0 Å². The first-order valence-electron chi connectivity index (χ1n) is 8.54. The monoisotopic (exact) mass is 374 g/mol. The fourth-order valence-corrected chi connectivity index (χ4v) is 3.71. The molecule has 0 spiro atoms. The van der Waals surface area contributed by atoms with E-state index in [4.69, 9.17) is 16.1 Å². The van der Waals surface area contributed by atoms with E-state index in [1.54, 1.807) is 23.7 Å². The third-order valence-corrected chi connectivity index (χ3v) is 5.24. The molecule has 2 heterocycles. The van der Waals surface area contributed by atoms with Crippen LogP contribution in [0.25, 0.3) is 10.3 Å². The predicted octanol–water partition coefficient (Wildman–Crippen LogP) is 4.19. The Labute approximate surface area is 160 Å². The molecule has 0 radical (unpaired) electrons. The molecule has 0 aliphatic heterocycles. The van der Waals surface area contributed by atoms with Crippen LogP contribution in [0.15, 0.2) is 54.9 Å². The first kappa shape index (κ1) is 17.1. The van der Waals surface area contributed by atoms with Gasteiger partial charge in [-0.1, -0.05) is 41.7 Å². The molecule has 0 aliphatic rings. The van der Waals surface area contributed by atoms with Gasteiger partial charge in [-0.25, -0.2) is 15.0 Å². The molecule has 0 amide bonds. The lowest BCUT2D eigenvalue weighted by atomic mass is 10.1. The summed E-state index contributed by atoms with van der Waals surface area (Å²) in [5.74, 6) is 0.655. The maximum atomic E-state index is 7.44. The van der Waals surface area contributed by atoms with E-state index in [1.807, 2.05) is 18.2 Å². The number of aryl methyl sites for hydroxylation is 2. The van der Waals surface area contributed by atoms with Gasteiger partial charge < -0.3 is 16.5 Å². The van der Waals surface area contributed by atoms with Crippen molar-refractivity contribution in [1.82, 2.24) is 15.0 Å². The summed E-state index contributed by atoms with van der Waals surface area (Å²) >= 11 is 1.59. The number of rotatable bonds is 6. The number of thiazole rings is 1. The minimum atomic E-state index is 0.570. The molecular weight excluding hydrogens is 356 g/mol. The Kier molecular flexibility index (Phi) is 4.76. The summed E-state index contributed by atoms with van der Waals surface area (Å²) in [6, 6.07) is 15.8. The van der Waals surface area contributed by atoms with Gasteiger partial charge >= 0.3 is 0 Å². The molecule has 0 aliphatic carbocycles. The first-order valence-corrected chi connectivity index (χ1v) is 9.36. The second-order valence-corrected chi connectivity index (χ2v) is 7.14. The number of hydrogen-bond acceptors (Lipinski definition) is 7. The van der Waals surface area contributed by atoms with Crippen LogP contribution in [0.4, 0.5) is 17.2 Å². The molecular formula is C20H18N6S. The number of fused-ring (bicyclic) bond motifs is 1. The van der Waals surface area contributed by atoms with Crippen molar-refractivity contribution >= 4 is 45.1 Å². The molecule has 0 fully saturated rings. The lowest BCUT2D eigenvalue weighted by molar-refractivity contribution is 0.949. The van der Waals surface area contributed by atoms with Crippen LogP contribution in [0, 0.1) is 5.41 Å². The van der Waals surface area contributed by atoms with E-state index in [0.717, 1.165) is 33.9 Å². The fraction of sp³-hybridized carbons (Fsp3) is 0.100. The molecule has 2 aromatic heterocycles. The standard InChI is InChI=1S/C20H18N6S/c21-11-14-10-15(7-8-16(14)22)25-19-18-20(24-12-23-19)27-17(26-18)9-6-13-4-2-1-3-5-13/h1-5,7-8,10-12,21H,6,9,22H2,(H,23,24,25). The third-order valence-electron chi connectivity index (χ3n) is 4.22. The average molecular weight is 374 g/mol. The molecule has 6 nitrogen and oxygen atoms in total. The van der Waals surface area contributed by atoms with Crippen molar-refractivity contribution in [3.05, 3.63) is 71.0 Å². The van der Waals surface area contributed by atoms with E-state index in [9.17, 15) is 0 Å². The van der Waals surface area contributed by atoms with E-state index in [0.29, 0.717) is 17.1 Å². The fourth-order valence-electron chi connectivity index (χ4n) is 2.81. The zero-order chi connectivity index (χ0) is 18.6. The minimum absolute atomic E-state index is 0.570. The van der Waals surface area contributed by atoms with Gasteiger partial charge in [0.2, 0.25) is 0 Å². The molecule has 4 aromatic rings. The predicted molar refractivity (Wildman–Crippen MR) is 111 cm³/mol. The van der Waals surface area contributed by atoms with E-state index in [2.05, 4.69) is 39.6 Å². The Hall–Kier alpha value is -3.32. The first-order chi connectivity index (χ1) is 13.2. The topological polar surface area (TPSA) is 101 Å². The van der Waals surface area contributed by atoms with Gasteiger partial charge in [-0.15, -0.1) is 0 Å². The average Bonchev–Trinajstić information content (AvgIpc) is 3.13. The van der Waals surface area contributed by atoms with Gasteiger partial charge in [0.05, 0.1) is 5.01 Å². The van der Waals surface area contributed by atoms with Crippen LogP contribution in [-0.2, 0) is 12.8 Å². The van der Waals surface area contributed by atoms with E-state index in [-0.39, 0.29) is 0 Å². The Morgan fingerprint density at radius 3 is 2.74 bits per heavy atom. The molecule has 0 unspecified atom stereocenters. The molecule has 2 aromatic carbocycles. The van der Waals surface area contributed by atoms with E-state index < -0.39 is 0 Å². The maximum Gasteiger partial charge on any atom is 0.161 e. The molecule has 0 saturated heterocycles. The van der Waals surface area contributed by atoms with Crippen LogP contribution in [-0.4, -0.2) is 21.2 Å². The molecule has 27 heavy (non-hydrogen) atoms. The molecule has 4 N–H and O–H groups in total. The summed E-state index contributed by atoms with van der Waals surface area (Å²) in [5, 5.41) is 11.8. The van der Waals surface area contributed by atoms with Crippen LogP contribution in [0.5, 0.6) is 0 Å². The molecule has 0 saturated carbocycles. The molecule has 0 atom stereocenters. The van der Waals surface area contributed by atoms with Gasteiger partial charge in [-0.2, -0.15) is 0 Å². The third kappa shape index (κ3) is 3.78. The maximum absolute atomic E-state index is 7.44. The van der Waals surface area contributed by atoms with Crippen molar-refractivity contribution in [3.8, 4) is 0 Å². The molecule has 0 bridgehead atoms. The summed E-state index contributed by atoms with van der Waals surface area (Å²) < 4.78 is 0. The van der Waals surface area contributed by atoms with Crippen molar-refractivity contribution < 1.29 is 0 Å². The highest BCUT2D eigenvalue weighted by Gasteiger charge is 2.11. The largest absolute Gasteiger partial charge is 0.398 e. The number of aromatic nitrogens is 3. The van der Waals surface area contributed by atoms with Gasteiger partial charge in [0.25, 0.3) is 0 Å². The summed E-state index contributed by atoms with van der Waals surface area (Å²) in [6.07, 6.45) is 4.58. The second kappa shape index (κ2) is 7.51. The van der Waals surface area contributed by atoms with Crippen LogP contribution in [0.2, 0.25) is 0 Å². The number of anilines is 3. The smallest absolute Gasteiger partial charge is 0.161 e. The normalized spacial score (nSPS) is 10.8. The summed E-state index contributed by atoms with van der Waals surface area (Å²) in [7, 11) is 0. The SMILES string of the molecule is N=Cc1cc(Nc2ncnc3sc(CCc4ccccc4)nc23)ccc1N. The number of hydrogen-bond donors (Lipinski definition) is 3. The van der Waals surface area contributed by atoms with E-state index in [1.165, 1.54) is 11.8 Å². The highest BCUT2D eigenvalue weighted by molar-refractivity contribution is 7.18. The van der Waals surface area contributed by atoms with Crippen molar-refractivity contribution in [2.24, 2.45) is 0 Å². The lowest BCUT2D eigenvalue weighted by Crippen LogP contribution is -1.98. The summed E-state index contributed by atoms with van der Waals surface area (Å²) in [4.78, 5) is 14.3. The highest BCUT2D eigenvalue weighted by atomic mass is 32.1. The minimum Gasteiger partial charge on any atom is -0.398 e. The molecule has 134 valence electrons. The Balaban J connectivity index is 1.58. The van der Waals surface area contributed by atoms with Crippen molar-refractivity contribution in [3.63, 3.8) is 0 Å². The quantitative estimate of drug-likeness (QED) is 0.347. The number of nitrogen functional groups attached to an aromatic ring is 1. The van der Waals surface area contributed by atoms with Gasteiger partial charge in [0, 0.05) is 29.6 Å². The summed E-state index contributed by atoms with van der Waals surface area (Å²) in [6.45, 7) is 0. The van der Waals surface area contributed by atoms with Crippen molar-refractivity contribution in [2.75, 3.05) is 11.1 Å². The van der Waals surface area contributed by atoms with Crippen molar-refractivity contribution in [1.29, 1.82) is 5.41 Å². The Morgan fingerprint density at radius 1 is 1.07 bits per heavy atom. The molecule has 4 rings (SSSR count). The van der Waals surface area contributed by atoms with Gasteiger partial charge in [-0.3, -0.25) is 0 Å². The number of nitrogens with two attached hydrogens (primary N) is 1. The van der Waals surface area contributed by atoms with Crippen molar-refractivity contribution in [2.45, 2.75) is 12.8 Å². The van der Waals surface area contributed by atoms with Crippen LogP contribution >= 0.6 is 11.3 Å². The number of benzene rings is 2. The van der Waals surface area contributed by atoms with Gasteiger partial charge in [0.15, 0.2) is 5.82 Å². The highest BCUT2D eigenvalue weighted by Crippen LogP contribution is 2.28. The summed E-state index contributed by atoms with van der Waals surface area (Å²) in [5.41, 5.74) is 9.95. The van der Waals surface area contributed by atoms with Crippen LogP contribution in [0.1, 0.15) is 16.1 Å². The Morgan fingerprint density at radius 2 is 1.93 bits per heavy atom. The Bertz CT molecular complexity index is 1090. The number of nitrogens with zero attached hydrogens (tertiary/aromatic N) is 3. The zero-order valence-electron chi connectivity index (χ0n) is 14.5. The van der Waals surface area contributed by atoms with Crippen LogP contribution < -0.4 is 11.1 Å². The van der Waals surface area contributed by atoms with E-state index >= 15 is 0 Å². The van der Waals surface area contributed by atoms with Gasteiger partial charge in [-0.05, 0) is 30.2 Å². The second-order valence-electron chi connectivity index (χ2n) is 6.08. The lowest BCUT2D eigenvalue weighted by Gasteiger charge is -2.08. The number of nitrogens with one attached hydrogen (secondary N) is 2. The zero-order valence-corrected chi connectivity index (χ0v) is 15.3. The molecule has 7 heteroatoms. The van der Waals surface area contributed by atoms with Gasteiger partial charge in [0.1, 0.15) is 16.7 Å².